The summed E-state index contributed by atoms with van der Waals surface area (Å²) in [5, 5.41) is 4.11. The fourth-order valence-electron chi connectivity index (χ4n) is 3.03. The van der Waals surface area contributed by atoms with Gasteiger partial charge in [0.25, 0.3) is 5.56 Å². The van der Waals surface area contributed by atoms with Crippen LogP contribution in [0.15, 0.2) is 26.2 Å². The lowest BCUT2D eigenvalue weighted by Crippen LogP contribution is -2.39. The predicted octanol–water partition coefficient (Wildman–Crippen LogP) is 0.718. The van der Waals surface area contributed by atoms with Gasteiger partial charge in [-0.25, -0.2) is 4.79 Å². The van der Waals surface area contributed by atoms with Crippen LogP contribution >= 0.6 is 0 Å². The van der Waals surface area contributed by atoms with Crippen LogP contribution in [0.3, 0.4) is 0 Å². The van der Waals surface area contributed by atoms with Crippen LogP contribution in [0.2, 0.25) is 0 Å². The molecule has 2 aromatic heterocycles. The maximum atomic E-state index is 12.0. The molecule has 7 heteroatoms. The van der Waals surface area contributed by atoms with Gasteiger partial charge in [0, 0.05) is 38.5 Å². The molecule has 0 amide bonds. The van der Waals surface area contributed by atoms with Crippen LogP contribution in [0.4, 0.5) is 0 Å². The standard InChI is InChI=1S/C15H20N4O3/c1-10-7-12(16-22-10)13-5-4-6-19(13)9-11-8-14(20)18(3)15(21)17(11)2/h7-8,13H,4-6,9H2,1-3H3/t13-/m0/s1. The Balaban J connectivity index is 1.90. The minimum Gasteiger partial charge on any atom is -0.361 e. The van der Waals surface area contributed by atoms with Crippen molar-refractivity contribution in [3.63, 3.8) is 0 Å². The molecule has 0 saturated carbocycles. The van der Waals surface area contributed by atoms with Crippen LogP contribution in [0.5, 0.6) is 0 Å². The van der Waals surface area contributed by atoms with Gasteiger partial charge < -0.3 is 4.52 Å². The molecular weight excluding hydrogens is 284 g/mol. The molecule has 1 atom stereocenters. The predicted molar refractivity (Wildman–Crippen MR) is 80.5 cm³/mol. The van der Waals surface area contributed by atoms with E-state index in [-0.39, 0.29) is 17.3 Å². The summed E-state index contributed by atoms with van der Waals surface area (Å²) in [7, 11) is 3.19. The third-order valence-electron chi connectivity index (χ3n) is 4.34. The summed E-state index contributed by atoms with van der Waals surface area (Å²) >= 11 is 0. The summed E-state index contributed by atoms with van der Waals surface area (Å²) in [6.07, 6.45) is 2.07. The molecule has 0 unspecified atom stereocenters. The van der Waals surface area contributed by atoms with Crippen LogP contribution in [-0.2, 0) is 20.6 Å². The molecule has 3 rings (SSSR count). The number of aryl methyl sites for hydroxylation is 1. The minimum absolute atomic E-state index is 0.177. The maximum absolute atomic E-state index is 12.0. The lowest BCUT2D eigenvalue weighted by atomic mass is 10.1. The van der Waals surface area contributed by atoms with Crippen LogP contribution in [0.25, 0.3) is 0 Å². The summed E-state index contributed by atoms with van der Waals surface area (Å²) in [4.78, 5) is 26.1. The molecule has 1 aliphatic heterocycles. The fraction of sp³-hybridized carbons (Fsp3) is 0.533. The monoisotopic (exact) mass is 304 g/mol. The lowest BCUT2D eigenvalue weighted by molar-refractivity contribution is 0.230. The highest BCUT2D eigenvalue weighted by molar-refractivity contribution is 5.12. The number of nitrogens with zero attached hydrogens (tertiary/aromatic N) is 4. The molecule has 2 aromatic rings. The van der Waals surface area contributed by atoms with Crippen molar-refractivity contribution in [2.75, 3.05) is 6.54 Å². The molecule has 118 valence electrons. The van der Waals surface area contributed by atoms with E-state index in [1.807, 2.05) is 13.0 Å². The molecule has 0 spiro atoms. The van der Waals surface area contributed by atoms with E-state index in [0.29, 0.717) is 6.54 Å². The Bertz CT molecular complexity index is 802. The first-order chi connectivity index (χ1) is 10.5. The molecule has 0 aliphatic carbocycles. The average Bonchev–Trinajstić information content (AvgIpc) is 3.11. The third kappa shape index (κ3) is 2.52. The Morgan fingerprint density at radius 3 is 2.73 bits per heavy atom. The second-order valence-corrected chi connectivity index (χ2v) is 5.87. The zero-order valence-corrected chi connectivity index (χ0v) is 13.1. The average molecular weight is 304 g/mol. The van der Waals surface area contributed by atoms with E-state index in [0.717, 1.165) is 41.1 Å². The van der Waals surface area contributed by atoms with Crippen molar-refractivity contribution in [3.8, 4) is 0 Å². The Morgan fingerprint density at radius 2 is 2.05 bits per heavy atom. The smallest absolute Gasteiger partial charge is 0.330 e. The quantitative estimate of drug-likeness (QED) is 0.835. The van der Waals surface area contributed by atoms with E-state index < -0.39 is 0 Å². The molecular formula is C15H20N4O3. The molecule has 1 fully saturated rings. The summed E-state index contributed by atoms with van der Waals surface area (Å²) in [5.41, 5.74) is 1.07. The van der Waals surface area contributed by atoms with Crippen molar-refractivity contribution in [2.45, 2.75) is 32.4 Å². The molecule has 22 heavy (non-hydrogen) atoms. The van der Waals surface area contributed by atoms with Gasteiger partial charge in [-0.05, 0) is 26.3 Å². The number of likely N-dealkylation sites (tertiary alicyclic amines) is 1. The van der Waals surface area contributed by atoms with Crippen molar-refractivity contribution >= 4 is 0 Å². The van der Waals surface area contributed by atoms with Gasteiger partial charge in [0.05, 0.1) is 6.04 Å². The maximum Gasteiger partial charge on any atom is 0.330 e. The fourth-order valence-corrected chi connectivity index (χ4v) is 3.03. The number of hydrogen-bond acceptors (Lipinski definition) is 5. The Kier molecular flexibility index (Phi) is 3.74. The second kappa shape index (κ2) is 5.57. The summed E-state index contributed by atoms with van der Waals surface area (Å²) in [6, 6.07) is 3.66. The first-order valence-electron chi connectivity index (χ1n) is 7.40. The number of rotatable bonds is 3. The Hall–Kier alpha value is -2.15. The zero-order chi connectivity index (χ0) is 15.9. The van der Waals surface area contributed by atoms with Crippen molar-refractivity contribution in [1.29, 1.82) is 0 Å². The first kappa shape index (κ1) is 14.8. The van der Waals surface area contributed by atoms with E-state index in [1.165, 1.54) is 17.7 Å². The molecule has 1 saturated heterocycles. The SMILES string of the molecule is Cc1cc([C@@H]2CCCN2Cc2cc(=O)n(C)c(=O)n2C)no1. The van der Waals surface area contributed by atoms with Gasteiger partial charge in [0.15, 0.2) is 0 Å². The number of aromatic nitrogens is 3. The zero-order valence-electron chi connectivity index (χ0n) is 13.1. The van der Waals surface area contributed by atoms with Crippen molar-refractivity contribution in [1.82, 2.24) is 19.2 Å². The highest BCUT2D eigenvalue weighted by Crippen LogP contribution is 2.32. The van der Waals surface area contributed by atoms with E-state index in [9.17, 15) is 9.59 Å². The van der Waals surface area contributed by atoms with E-state index in [2.05, 4.69) is 10.1 Å². The van der Waals surface area contributed by atoms with E-state index in [1.54, 1.807) is 7.05 Å². The largest absolute Gasteiger partial charge is 0.361 e. The van der Waals surface area contributed by atoms with Gasteiger partial charge in [0.1, 0.15) is 11.5 Å². The molecule has 1 aliphatic rings. The molecule has 0 bridgehead atoms. The number of hydrogen-bond donors (Lipinski definition) is 0. The van der Waals surface area contributed by atoms with Gasteiger partial charge in [0.2, 0.25) is 0 Å². The molecule has 0 N–H and O–H groups in total. The van der Waals surface area contributed by atoms with Crippen molar-refractivity contribution in [2.24, 2.45) is 14.1 Å². The van der Waals surface area contributed by atoms with Crippen LogP contribution in [-0.4, -0.2) is 25.7 Å². The molecule has 7 nitrogen and oxygen atoms in total. The Labute approximate surface area is 127 Å². The van der Waals surface area contributed by atoms with E-state index >= 15 is 0 Å². The van der Waals surface area contributed by atoms with Crippen LogP contribution in [0.1, 0.15) is 36.0 Å². The molecule has 0 aromatic carbocycles. The van der Waals surface area contributed by atoms with Gasteiger partial charge in [-0.1, -0.05) is 5.16 Å². The van der Waals surface area contributed by atoms with Crippen LogP contribution < -0.4 is 11.2 Å². The molecule has 0 radical (unpaired) electrons. The highest BCUT2D eigenvalue weighted by atomic mass is 16.5. The minimum atomic E-state index is -0.296. The van der Waals surface area contributed by atoms with E-state index in [4.69, 9.17) is 4.52 Å². The first-order valence-corrected chi connectivity index (χ1v) is 7.40. The summed E-state index contributed by atoms with van der Waals surface area (Å²) < 4.78 is 7.82. The van der Waals surface area contributed by atoms with Crippen LogP contribution in [0, 0.1) is 6.92 Å². The van der Waals surface area contributed by atoms with Gasteiger partial charge in [-0.15, -0.1) is 0 Å². The molecule has 3 heterocycles. The second-order valence-electron chi connectivity index (χ2n) is 5.87. The van der Waals surface area contributed by atoms with Gasteiger partial charge >= 0.3 is 5.69 Å². The topological polar surface area (TPSA) is 73.3 Å². The Morgan fingerprint density at radius 1 is 1.27 bits per heavy atom. The van der Waals surface area contributed by atoms with Crippen molar-refractivity contribution < 1.29 is 4.52 Å². The van der Waals surface area contributed by atoms with Crippen molar-refractivity contribution in [3.05, 3.63) is 50.1 Å². The third-order valence-corrected chi connectivity index (χ3v) is 4.34. The summed E-state index contributed by atoms with van der Waals surface area (Å²) in [5.74, 6) is 0.794. The van der Waals surface area contributed by atoms with Gasteiger partial charge in [-0.3, -0.25) is 18.8 Å². The lowest BCUT2D eigenvalue weighted by Gasteiger charge is -2.23. The summed E-state index contributed by atoms with van der Waals surface area (Å²) in [6.45, 7) is 3.35. The normalized spacial score (nSPS) is 19.0. The highest BCUT2D eigenvalue weighted by Gasteiger charge is 2.29. The van der Waals surface area contributed by atoms with Gasteiger partial charge in [-0.2, -0.15) is 0 Å².